The van der Waals surface area contributed by atoms with Crippen LogP contribution in [0.1, 0.15) is 19.8 Å². The zero-order valence-electron chi connectivity index (χ0n) is 7.46. The summed E-state index contributed by atoms with van der Waals surface area (Å²) in [6.45, 7) is 4.95. The molecule has 3 heteroatoms. The second-order valence-corrected chi connectivity index (χ2v) is 3.68. The van der Waals surface area contributed by atoms with Gasteiger partial charge in [0.05, 0.1) is 6.10 Å². The summed E-state index contributed by atoms with van der Waals surface area (Å²) in [5.74, 6) is 0. The minimum absolute atomic E-state index is 0.0819. The van der Waals surface area contributed by atoms with Gasteiger partial charge in [0.2, 0.25) is 0 Å². The molecular weight excluding hydrogens is 174 g/mol. The van der Waals surface area contributed by atoms with Crippen LogP contribution in [-0.4, -0.2) is 35.7 Å². The number of hydrogen-bond acceptors (Lipinski definition) is 2. The molecule has 1 aliphatic rings. The van der Waals surface area contributed by atoms with Crippen LogP contribution in [0.5, 0.6) is 0 Å². The molecule has 0 amide bonds. The van der Waals surface area contributed by atoms with Crippen molar-refractivity contribution < 1.29 is 5.11 Å². The molecule has 0 aromatic heterocycles. The van der Waals surface area contributed by atoms with Crippen molar-refractivity contribution in [2.45, 2.75) is 25.9 Å². The highest BCUT2D eigenvalue weighted by atomic mass is 35.5. The lowest BCUT2D eigenvalue weighted by atomic mass is 10.1. The molecule has 0 saturated carbocycles. The van der Waals surface area contributed by atoms with Gasteiger partial charge in [-0.3, -0.25) is 4.90 Å². The summed E-state index contributed by atoms with van der Waals surface area (Å²) in [5.41, 5.74) is 2.82. The maximum Gasteiger partial charge on any atom is 0.0564 e. The van der Waals surface area contributed by atoms with Crippen LogP contribution >= 0.6 is 11.6 Å². The maximum atomic E-state index is 9.25. The van der Waals surface area contributed by atoms with Crippen molar-refractivity contribution in [1.29, 1.82) is 0 Å². The van der Waals surface area contributed by atoms with E-state index >= 15 is 0 Å². The summed E-state index contributed by atoms with van der Waals surface area (Å²) in [6, 6.07) is 0. The Labute approximate surface area is 78.8 Å². The van der Waals surface area contributed by atoms with Crippen molar-refractivity contribution in [3.63, 3.8) is 0 Å². The van der Waals surface area contributed by atoms with Crippen molar-refractivity contribution in [3.05, 3.63) is 11.1 Å². The molecule has 0 aliphatic carbocycles. The normalized spacial score (nSPS) is 23.1. The molecule has 0 spiro atoms. The van der Waals surface area contributed by atoms with Crippen molar-refractivity contribution in [2.24, 2.45) is 0 Å². The van der Waals surface area contributed by atoms with Crippen LogP contribution in [0.15, 0.2) is 11.1 Å². The molecular formula is C9H16ClNO. The van der Waals surface area contributed by atoms with Gasteiger partial charge in [0.25, 0.3) is 0 Å². The molecule has 2 nitrogen and oxygen atoms in total. The van der Waals surface area contributed by atoms with E-state index in [0.29, 0.717) is 0 Å². The van der Waals surface area contributed by atoms with E-state index in [4.69, 9.17) is 11.6 Å². The van der Waals surface area contributed by atoms with Crippen LogP contribution in [0.3, 0.4) is 0 Å². The number of likely N-dealkylation sites (tertiary alicyclic amines) is 1. The Morgan fingerprint density at radius 2 is 2.17 bits per heavy atom. The Balaban J connectivity index is 2.26. The highest BCUT2D eigenvalue weighted by Crippen LogP contribution is 2.11. The van der Waals surface area contributed by atoms with Gasteiger partial charge in [-0.15, -0.1) is 0 Å². The third-order valence-electron chi connectivity index (χ3n) is 2.22. The van der Waals surface area contributed by atoms with E-state index in [1.165, 1.54) is 5.57 Å². The number of rotatable bonds is 2. The second kappa shape index (κ2) is 4.85. The van der Waals surface area contributed by atoms with Gasteiger partial charge in [0, 0.05) is 25.2 Å². The summed E-state index contributed by atoms with van der Waals surface area (Å²) >= 11 is 5.56. The number of aliphatic hydroxyl groups excluding tert-OH is 1. The molecule has 70 valence electrons. The van der Waals surface area contributed by atoms with Gasteiger partial charge in [0.1, 0.15) is 0 Å². The van der Waals surface area contributed by atoms with Crippen LogP contribution in [-0.2, 0) is 0 Å². The van der Waals surface area contributed by atoms with Crippen molar-refractivity contribution in [1.82, 2.24) is 4.90 Å². The van der Waals surface area contributed by atoms with Crippen LogP contribution in [0.4, 0.5) is 0 Å². The third-order valence-corrected chi connectivity index (χ3v) is 2.59. The molecule has 0 bridgehead atoms. The van der Waals surface area contributed by atoms with Gasteiger partial charge >= 0.3 is 0 Å². The summed E-state index contributed by atoms with van der Waals surface area (Å²) in [7, 11) is 0. The molecule has 1 saturated heterocycles. The lowest BCUT2D eigenvalue weighted by Crippen LogP contribution is -2.36. The van der Waals surface area contributed by atoms with E-state index in [9.17, 15) is 5.11 Å². The Kier molecular flexibility index (Phi) is 4.06. The van der Waals surface area contributed by atoms with E-state index in [1.807, 2.05) is 6.92 Å². The lowest BCUT2D eigenvalue weighted by molar-refractivity contribution is 0.0869. The van der Waals surface area contributed by atoms with Crippen LogP contribution in [0.25, 0.3) is 0 Å². The number of halogens is 1. The van der Waals surface area contributed by atoms with Gasteiger partial charge < -0.3 is 5.11 Å². The summed E-state index contributed by atoms with van der Waals surface area (Å²) < 4.78 is 0. The van der Waals surface area contributed by atoms with Gasteiger partial charge in [0.15, 0.2) is 0 Å². The van der Waals surface area contributed by atoms with E-state index < -0.39 is 0 Å². The van der Waals surface area contributed by atoms with Crippen molar-refractivity contribution in [3.8, 4) is 0 Å². The number of hydrogen-bond donors (Lipinski definition) is 1. The lowest BCUT2D eigenvalue weighted by Gasteiger charge is -2.29. The zero-order chi connectivity index (χ0) is 8.97. The number of nitrogens with zero attached hydrogens (tertiary/aromatic N) is 1. The topological polar surface area (TPSA) is 23.5 Å². The first-order chi connectivity index (χ1) is 5.72. The van der Waals surface area contributed by atoms with Gasteiger partial charge in [-0.2, -0.15) is 0 Å². The van der Waals surface area contributed by atoms with Crippen LogP contribution < -0.4 is 0 Å². The van der Waals surface area contributed by atoms with E-state index in [-0.39, 0.29) is 6.10 Å². The Hall–Kier alpha value is -0.0500. The number of aliphatic hydroxyl groups is 1. The molecule has 0 radical (unpaired) electrons. The number of piperidine rings is 1. The molecule has 0 atom stereocenters. The molecule has 1 heterocycles. The minimum atomic E-state index is -0.0819. The fraction of sp³-hybridized carbons (Fsp3) is 0.778. The van der Waals surface area contributed by atoms with Crippen LogP contribution in [0.2, 0.25) is 0 Å². The maximum absolute atomic E-state index is 9.25. The summed E-state index contributed by atoms with van der Waals surface area (Å²) in [4.78, 5) is 2.32. The molecule has 1 aliphatic heterocycles. The minimum Gasteiger partial charge on any atom is -0.393 e. The van der Waals surface area contributed by atoms with E-state index in [1.54, 1.807) is 5.54 Å². The first kappa shape index (κ1) is 10.0. The van der Waals surface area contributed by atoms with Gasteiger partial charge in [-0.1, -0.05) is 11.6 Å². The van der Waals surface area contributed by atoms with Crippen LogP contribution in [0, 0.1) is 0 Å². The largest absolute Gasteiger partial charge is 0.393 e. The van der Waals surface area contributed by atoms with Crippen molar-refractivity contribution >= 4 is 11.6 Å². The Bertz CT molecular complexity index is 162. The second-order valence-electron chi connectivity index (χ2n) is 3.46. The first-order valence-corrected chi connectivity index (χ1v) is 4.82. The standard InChI is InChI=1S/C9H16ClNO/c1-8(6-10)7-11-4-2-9(12)3-5-11/h6,9,12H,2-5,7H2,1H3. The highest BCUT2D eigenvalue weighted by molar-refractivity contribution is 6.25. The SMILES string of the molecule is CC(=CCl)CN1CCC(O)CC1. The predicted octanol–water partition coefficient (Wildman–Crippen LogP) is 1.59. The molecule has 12 heavy (non-hydrogen) atoms. The molecule has 0 aromatic carbocycles. The highest BCUT2D eigenvalue weighted by Gasteiger charge is 2.16. The average molecular weight is 190 g/mol. The van der Waals surface area contributed by atoms with Gasteiger partial charge in [-0.25, -0.2) is 0 Å². The van der Waals surface area contributed by atoms with E-state index in [2.05, 4.69) is 4.90 Å². The Morgan fingerprint density at radius 1 is 1.58 bits per heavy atom. The first-order valence-electron chi connectivity index (χ1n) is 4.38. The molecule has 1 rings (SSSR count). The summed E-state index contributed by atoms with van der Waals surface area (Å²) in [5, 5.41) is 9.25. The average Bonchev–Trinajstić information content (AvgIpc) is 2.09. The monoisotopic (exact) mass is 189 g/mol. The predicted molar refractivity (Wildman–Crippen MR) is 51.3 cm³/mol. The quantitative estimate of drug-likeness (QED) is 0.713. The zero-order valence-corrected chi connectivity index (χ0v) is 8.22. The third kappa shape index (κ3) is 3.13. The van der Waals surface area contributed by atoms with E-state index in [0.717, 1.165) is 32.5 Å². The molecule has 0 unspecified atom stereocenters. The molecule has 1 N–H and O–H groups in total. The van der Waals surface area contributed by atoms with Crippen molar-refractivity contribution in [2.75, 3.05) is 19.6 Å². The molecule has 1 fully saturated rings. The van der Waals surface area contributed by atoms with Gasteiger partial charge in [-0.05, 0) is 25.3 Å². The smallest absolute Gasteiger partial charge is 0.0564 e. The fourth-order valence-electron chi connectivity index (χ4n) is 1.46. The summed E-state index contributed by atoms with van der Waals surface area (Å²) in [6.07, 6.45) is 1.71. The Morgan fingerprint density at radius 3 is 2.67 bits per heavy atom. The fourth-order valence-corrected chi connectivity index (χ4v) is 1.53. The molecule has 0 aromatic rings.